The van der Waals surface area contributed by atoms with Crippen LogP contribution in [-0.4, -0.2) is 16.0 Å². The maximum atomic E-state index is 8.62. The fraction of sp³-hybridized carbons (Fsp3) is 0. The Bertz CT molecular complexity index is 24.4. The molecule has 0 spiro atoms. The van der Waals surface area contributed by atoms with Crippen LogP contribution < -0.4 is 63.4 Å². The van der Waals surface area contributed by atoms with E-state index in [9.17, 15) is 0 Å². The summed E-state index contributed by atoms with van der Waals surface area (Å²) in [5.74, 6) is 0. The Hall–Kier alpha value is 1.45. The van der Waals surface area contributed by atoms with Crippen molar-refractivity contribution in [3.8, 4) is 0 Å². The molecule has 0 heterocycles. The SMILES string of the molecule is OO.[Na+].[O-][I+3]([O-])([O-])[O-].[OH-]. The van der Waals surface area contributed by atoms with Crippen LogP contribution in [0.2, 0.25) is 0 Å². The van der Waals surface area contributed by atoms with Gasteiger partial charge in [-0.15, -0.1) is 0 Å². The Morgan fingerprint density at radius 1 is 0.889 bits per heavy atom. The van der Waals surface area contributed by atoms with Crippen molar-refractivity contribution in [2.75, 3.05) is 0 Å². The van der Waals surface area contributed by atoms with Gasteiger partial charge in [-0.2, -0.15) is 0 Å². The van der Waals surface area contributed by atoms with Gasteiger partial charge in [-0.1, -0.05) is 0 Å². The van der Waals surface area contributed by atoms with Crippen molar-refractivity contribution >= 4 is 0 Å². The van der Waals surface area contributed by atoms with Crippen molar-refractivity contribution in [3.63, 3.8) is 0 Å². The Kier molecular flexibility index (Phi) is 30.3. The van der Waals surface area contributed by atoms with Crippen LogP contribution in [0.4, 0.5) is 0 Å². The molecule has 3 N–H and O–H groups in total. The second kappa shape index (κ2) is 12.2. The molecule has 0 fully saturated rings. The van der Waals surface area contributed by atoms with E-state index in [0.29, 0.717) is 0 Å². The summed E-state index contributed by atoms with van der Waals surface area (Å²) in [6, 6.07) is 0. The van der Waals surface area contributed by atoms with E-state index in [-0.39, 0.29) is 35.0 Å². The molecule has 0 saturated heterocycles. The molecule has 0 aromatic rings. The molecule has 0 radical (unpaired) electrons. The first-order chi connectivity index (χ1) is 3.00. The minimum absolute atomic E-state index is 0. The number of hydrogen-bond acceptors (Lipinski definition) is 7. The average molecular weight is 265 g/mol. The van der Waals surface area contributed by atoms with Crippen LogP contribution in [0.1, 0.15) is 0 Å². The monoisotopic (exact) mass is 265 g/mol. The molecule has 0 unspecified atom stereocenters. The van der Waals surface area contributed by atoms with Gasteiger partial charge >= 0.3 is 29.6 Å². The molecule has 7 nitrogen and oxygen atoms in total. The van der Waals surface area contributed by atoms with E-state index in [1.807, 2.05) is 0 Å². The summed E-state index contributed by atoms with van der Waals surface area (Å²) < 4.78 is 34.5. The minimum atomic E-state index is -5.94. The van der Waals surface area contributed by atoms with Gasteiger partial charge in [0, 0.05) is 0 Å². The van der Waals surface area contributed by atoms with Crippen molar-refractivity contribution < 1.29 is 79.4 Å². The third-order valence-electron chi connectivity index (χ3n) is 0. The quantitative estimate of drug-likeness (QED) is 0.190. The molecule has 0 aliphatic heterocycles. The molecule has 0 atom stereocenters. The molecule has 0 saturated carbocycles. The van der Waals surface area contributed by atoms with Crippen LogP contribution in [0.25, 0.3) is 0 Å². The molecule has 0 rings (SSSR count). The molecule has 0 amide bonds. The van der Waals surface area contributed by atoms with Crippen molar-refractivity contribution in [2.45, 2.75) is 0 Å². The first-order valence-electron chi connectivity index (χ1n) is 0.817. The van der Waals surface area contributed by atoms with E-state index in [1.54, 1.807) is 0 Å². The predicted molar refractivity (Wildman–Crippen MR) is 7.19 cm³/mol. The summed E-state index contributed by atoms with van der Waals surface area (Å²) in [4.78, 5) is 0. The smallest absolute Gasteiger partial charge is 0.870 e. The van der Waals surface area contributed by atoms with E-state index in [1.165, 1.54) is 0 Å². The van der Waals surface area contributed by atoms with E-state index >= 15 is 0 Å². The molecule has 0 aromatic carbocycles. The molecule has 9 heteroatoms. The van der Waals surface area contributed by atoms with Crippen LogP contribution in [0, 0.1) is 0 Å². The van der Waals surface area contributed by atoms with Crippen LogP contribution >= 0.6 is 0 Å². The fourth-order valence-corrected chi connectivity index (χ4v) is 0. The van der Waals surface area contributed by atoms with Crippen molar-refractivity contribution in [2.24, 2.45) is 0 Å². The van der Waals surface area contributed by atoms with E-state index in [4.69, 9.17) is 24.3 Å². The summed E-state index contributed by atoms with van der Waals surface area (Å²) in [6.07, 6.45) is 0. The number of hydrogen-bond donors (Lipinski definition) is 2. The zero-order valence-electron chi connectivity index (χ0n) is 4.35. The van der Waals surface area contributed by atoms with Gasteiger partial charge in [0.1, 0.15) is 20.1 Å². The van der Waals surface area contributed by atoms with Crippen LogP contribution in [0.5, 0.6) is 0 Å². The summed E-state index contributed by atoms with van der Waals surface area (Å²) >= 11 is -5.94. The van der Waals surface area contributed by atoms with Crippen molar-refractivity contribution in [1.29, 1.82) is 0 Å². The fourth-order valence-electron chi connectivity index (χ4n) is 0. The van der Waals surface area contributed by atoms with Gasteiger partial charge in [0.25, 0.3) is 0 Å². The summed E-state index contributed by atoms with van der Waals surface area (Å²) in [5.41, 5.74) is 0. The second-order valence-electron chi connectivity index (χ2n) is 0.378. The zero-order chi connectivity index (χ0) is 6.50. The largest absolute Gasteiger partial charge is 1.00 e. The maximum absolute atomic E-state index is 8.62. The first-order valence-corrected chi connectivity index (χ1v) is 4.34. The van der Waals surface area contributed by atoms with Crippen LogP contribution in [0.3, 0.4) is 0 Å². The Morgan fingerprint density at radius 2 is 0.889 bits per heavy atom. The van der Waals surface area contributed by atoms with E-state index in [2.05, 4.69) is 0 Å². The van der Waals surface area contributed by atoms with Crippen molar-refractivity contribution in [3.05, 3.63) is 0 Å². The number of halogens is 1. The molecule has 0 bridgehead atoms. The molecular weight excluding hydrogens is 262 g/mol. The van der Waals surface area contributed by atoms with Crippen LogP contribution in [0.15, 0.2) is 0 Å². The van der Waals surface area contributed by atoms with Crippen molar-refractivity contribution in [1.82, 2.24) is 0 Å². The van der Waals surface area contributed by atoms with Gasteiger partial charge in [0.15, 0.2) is 0 Å². The van der Waals surface area contributed by atoms with E-state index in [0.717, 1.165) is 0 Å². The average Bonchev–Trinajstić information content (AvgIpc) is 1.36. The standard InChI is InChI=1S/IO4.Na.H2O2.H2O/c2-1(3,4)5;;1-2;/h;;1-2H;1H2/q-1;+1;;/p-1. The van der Waals surface area contributed by atoms with Gasteiger partial charge in [0.2, 0.25) is 0 Å². The molecule has 54 valence electrons. The van der Waals surface area contributed by atoms with Gasteiger partial charge in [-0.25, -0.2) is 0 Å². The normalized spacial score (nSPS) is 7.33. The Morgan fingerprint density at radius 3 is 0.889 bits per heavy atom. The van der Waals surface area contributed by atoms with E-state index < -0.39 is 20.1 Å². The molecule has 0 aromatic heterocycles. The van der Waals surface area contributed by atoms with Gasteiger partial charge in [-0.3, -0.25) is 24.3 Å². The maximum Gasteiger partial charge on any atom is 1.00 e. The third kappa shape index (κ3) is 249. The Balaban J connectivity index is -0.0000000286. The summed E-state index contributed by atoms with van der Waals surface area (Å²) in [5, 5.41) is 12.0. The summed E-state index contributed by atoms with van der Waals surface area (Å²) in [7, 11) is 0. The van der Waals surface area contributed by atoms with Gasteiger partial charge < -0.3 is 5.48 Å². The Labute approximate surface area is 78.8 Å². The molecular formula is H3INaO7-. The van der Waals surface area contributed by atoms with Gasteiger partial charge in [-0.05, 0) is 0 Å². The minimum Gasteiger partial charge on any atom is -0.870 e. The van der Waals surface area contributed by atoms with Crippen LogP contribution in [-0.2, 0) is 0 Å². The molecule has 0 aliphatic carbocycles. The second-order valence-corrected chi connectivity index (χ2v) is 2.54. The zero-order valence-corrected chi connectivity index (χ0v) is 8.51. The number of rotatable bonds is 0. The molecule has 0 aliphatic rings. The first kappa shape index (κ1) is 22.4. The molecule has 9 heavy (non-hydrogen) atoms. The summed E-state index contributed by atoms with van der Waals surface area (Å²) in [6.45, 7) is 0. The topological polar surface area (TPSA) is 163 Å². The van der Waals surface area contributed by atoms with Gasteiger partial charge in [0.05, 0.1) is 0 Å². The predicted octanol–water partition coefficient (Wildman–Crippen LogP) is -10.9. The third-order valence-corrected chi connectivity index (χ3v) is 0.